The van der Waals surface area contributed by atoms with Crippen LogP contribution in [0.15, 0.2) is 11.6 Å². The van der Waals surface area contributed by atoms with Crippen molar-refractivity contribution in [3.05, 3.63) is 11.6 Å². The summed E-state index contributed by atoms with van der Waals surface area (Å²) in [6, 6.07) is 0. The summed E-state index contributed by atoms with van der Waals surface area (Å²) in [7, 11) is 0. The highest BCUT2D eigenvalue weighted by atomic mass is 16.1. The zero-order chi connectivity index (χ0) is 15.4. The average molecular weight is 288 g/mol. The van der Waals surface area contributed by atoms with Gasteiger partial charge in [0.15, 0.2) is 0 Å². The summed E-state index contributed by atoms with van der Waals surface area (Å²) < 4.78 is 0. The maximum Gasteiger partial charge on any atom is 0.133 e. The number of carbonyl (C=O) groups excluding carboxylic acids is 1. The fourth-order valence-corrected chi connectivity index (χ4v) is 6.23. The maximum absolute atomic E-state index is 12.1. The standard InChI is InChI=1S/C20H32O/c1-12(2)15-8-9-20(5)18-7-6-16(14(4)21)17(18)10-13(3)11-19(15)20/h11-12,15-19H,6-10H2,1-5H3/t15-,16-,17-,18-,19-,20+/m1/s1. The molecule has 1 heteroatoms. The van der Waals surface area contributed by atoms with Gasteiger partial charge in [-0.2, -0.15) is 0 Å². The van der Waals surface area contributed by atoms with Crippen molar-refractivity contribution in [3.8, 4) is 0 Å². The Morgan fingerprint density at radius 1 is 1.29 bits per heavy atom. The van der Waals surface area contributed by atoms with Gasteiger partial charge in [0.25, 0.3) is 0 Å². The smallest absolute Gasteiger partial charge is 0.133 e. The Kier molecular flexibility index (Phi) is 3.83. The van der Waals surface area contributed by atoms with Gasteiger partial charge in [0.05, 0.1) is 0 Å². The average Bonchev–Trinajstić information content (AvgIpc) is 2.91. The van der Waals surface area contributed by atoms with Gasteiger partial charge in [-0.3, -0.25) is 4.79 Å². The van der Waals surface area contributed by atoms with Crippen LogP contribution in [-0.2, 0) is 4.79 Å². The summed E-state index contributed by atoms with van der Waals surface area (Å²) in [6.07, 6.45) is 8.98. The minimum atomic E-state index is 0.340. The molecule has 0 aromatic heterocycles. The Hall–Kier alpha value is -0.590. The van der Waals surface area contributed by atoms with Crippen molar-refractivity contribution in [1.82, 2.24) is 0 Å². The van der Waals surface area contributed by atoms with E-state index in [-0.39, 0.29) is 0 Å². The van der Waals surface area contributed by atoms with Crippen LogP contribution in [0.5, 0.6) is 0 Å². The summed E-state index contributed by atoms with van der Waals surface area (Å²) in [4.78, 5) is 12.1. The lowest BCUT2D eigenvalue weighted by Gasteiger charge is -2.40. The third-order valence-electron chi connectivity index (χ3n) is 7.31. The highest BCUT2D eigenvalue weighted by Crippen LogP contribution is 2.62. The van der Waals surface area contributed by atoms with Crippen LogP contribution >= 0.6 is 0 Å². The molecule has 6 atom stereocenters. The zero-order valence-electron chi connectivity index (χ0n) is 14.5. The van der Waals surface area contributed by atoms with E-state index in [0.29, 0.717) is 23.0 Å². The Morgan fingerprint density at radius 3 is 2.62 bits per heavy atom. The van der Waals surface area contributed by atoms with Gasteiger partial charge in [0.2, 0.25) is 0 Å². The van der Waals surface area contributed by atoms with Crippen LogP contribution in [-0.4, -0.2) is 5.78 Å². The van der Waals surface area contributed by atoms with Crippen LogP contribution in [0.1, 0.15) is 66.7 Å². The third kappa shape index (κ3) is 2.32. The van der Waals surface area contributed by atoms with E-state index in [1.54, 1.807) is 5.57 Å². The molecule has 0 aliphatic heterocycles. The molecule has 0 saturated heterocycles. The molecule has 0 N–H and O–H groups in total. The summed E-state index contributed by atoms with van der Waals surface area (Å²) >= 11 is 0. The molecule has 0 bridgehead atoms. The van der Waals surface area contributed by atoms with E-state index in [2.05, 4.69) is 33.8 Å². The Bertz CT molecular complexity index is 460. The molecule has 3 aliphatic rings. The van der Waals surface area contributed by atoms with E-state index >= 15 is 0 Å². The van der Waals surface area contributed by atoms with Gasteiger partial charge in [-0.25, -0.2) is 0 Å². The monoisotopic (exact) mass is 288 g/mol. The Labute approximate surface area is 130 Å². The van der Waals surface area contributed by atoms with Gasteiger partial charge in [-0.15, -0.1) is 0 Å². The number of fused-ring (bicyclic) bond motifs is 3. The lowest BCUT2D eigenvalue weighted by molar-refractivity contribution is -0.122. The molecule has 0 spiro atoms. The van der Waals surface area contributed by atoms with Crippen LogP contribution in [0, 0.1) is 40.9 Å². The topological polar surface area (TPSA) is 17.1 Å². The Balaban J connectivity index is 1.98. The SMILES string of the molecule is CC(=O)[C@H]1CC[C@@H]2[C@@H]1CC(C)=C[C@@H]1[C@@H](C(C)C)CC[C@]12C. The number of hydrogen-bond donors (Lipinski definition) is 0. The molecule has 118 valence electrons. The van der Waals surface area contributed by atoms with Crippen molar-refractivity contribution in [2.75, 3.05) is 0 Å². The van der Waals surface area contributed by atoms with Gasteiger partial charge in [-0.1, -0.05) is 32.4 Å². The van der Waals surface area contributed by atoms with Gasteiger partial charge < -0.3 is 0 Å². The molecule has 2 fully saturated rings. The molecule has 0 radical (unpaired) electrons. The highest BCUT2D eigenvalue weighted by Gasteiger charge is 2.55. The number of rotatable bonds is 2. The van der Waals surface area contributed by atoms with Gasteiger partial charge in [0, 0.05) is 5.92 Å². The van der Waals surface area contributed by atoms with Crippen molar-refractivity contribution < 1.29 is 4.79 Å². The lowest BCUT2D eigenvalue weighted by atomic mass is 9.64. The molecular weight excluding hydrogens is 256 g/mol. The molecule has 21 heavy (non-hydrogen) atoms. The summed E-state index contributed by atoms with van der Waals surface area (Å²) in [5.41, 5.74) is 2.00. The van der Waals surface area contributed by atoms with E-state index in [4.69, 9.17) is 0 Å². The Morgan fingerprint density at radius 2 is 2.00 bits per heavy atom. The lowest BCUT2D eigenvalue weighted by Crippen LogP contribution is -2.35. The maximum atomic E-state index is 12.1. The van der Waals surface area contributed by atoms with E-state index < -0.39 is 0 Å². The molecule has 3 aliphatic carbocycles. The largest absolute Gasteiger partial charge is 0.300 e. The normalized spacial score (nSPS) is 46.0. The van der Waals surface area contributed by atoms with E-state index in [1.807, 2.05) is 6.92 Å². The fraction of sp³-hybridized carbons (Fsp3) is 0.850. The highest BCUT2D eigenvalue weighted by molar-refractivity contribution is 5.79. The quantitative estimate of drug-likeness (QED) is 0.634. The molecule has 0 amide bonds. The van der Waals surface area contributed by atoms with E-state index in [1.165, 1.54) is 25.7 Å². The van der Waals surface area contributed by atoms with Crippen molar-refractivity contribution in [2.24, 2.45) is 40.9 Å². The summed E-state index contributed by atoms with van der Waals surface area (Å²) in [6.45, 7) is 11.5. The molecule has 2 saturated carbocycles. The second kappa shape index (κ2) is 5.25. The second-order valence-electron chi connectivity index (χ2n) is 8.76. The molecule has 3 rings (SSSR count). The third-order valence-corrected chi connectivity index (χ3v) is 7.31. The fourth-order valence-electron chi connectivity index (χ4n) is 6.23. The van der Waals surface area contributed by atoms with Crippen LogP contribution in [0.4, 0.5) is 0 Å². The molecule has 0 aromatic carbocycles. The van der Waals surface area contributed by atoms with Crippen LogP contribution in [0.25, 0.3) is 0 Å². The molecule has 0 unspecified atom stereocenters. The van der Waals surface area contributed by atoms with Crippen LogP contribution in [0.3, 0.4) is 0 Å². The minimum absolute atomic E-state index is 0.340. The molecular formula is C20H32O. The van der Waals surface area contributed by atoms with Crippen molar-refractivity contribution in [3.63, 3.8) is 0 Å². The first-order chi connectivity index (χ1) is 9.84. The molecule has 1 nitrogen and oxygen atoms in total. The van der Waals surface area contributed by atoms with E-state index in [0.717, 1.165) is 30.1 Å². The summed E-state index contributed by atoms with van der Waals surface area (Å²) in [5, 5.41) is 0. The number of carbonyl (C=O) groups is 1. The predicted molar refractivity (Wildman–Crippen MR) is 87.9 cm³/mol. The van der Waals surface area contributed by atoms with Crippen molar-refractivity contribution >= 4 is 5.78 Å². The first-order valence-electron chi connectivity index (χ1n) is 9.02. The molecule has 0 aromatic rings. The zero-order valence-corrected chi connectivity index (χ0v) is 14.5. The van der Waals surface area contributed by atoms with Gasteiger partial charge in [-0.05, 0) is 81.0 Å². The van der Waals surface area contributed by atoms with E-state index in [9.17, 15) is 4.79 Å². The van der Waals surface area contributed by atoms with Crippen molar-refractivity contribution in [2.45, 2.75) is 66.7 Å². The summed E-state index contributed by atoms with van der Waals surface area (Å²) in [5.74, 6) is 4.55. The van der Waals surface area contributed by atoms with Gasteiger partial charge >= 0.3 is 0 Å². The number of Topliss-reactive ketones (excluding diaryl/α,β-unsaturated/α-hetero) is 1. The second-order valence-corrected chi connectivity index (χ2v) is 8.76. The molecule has 0 heterocycles. The first-order valence-corrected chi connectivity index (χ1v) is 9.02. The predicted octanol–water partition coefficient (Wildman–Crippen LogP) is 5.26. The van der Waals surface area contributed by atoms with Crippen LogP contribution < -0.4 is 0 Å². The van der Waals surface area contributed by atoms with Crippen molar-refractivity contribution in [1.29, 1.82) is 0 Å². The minimum Gasteiger partial charge on any atom is -0.300 e. The number of allylic oxidation sites excluding steroid dienone is 2. The number of hydrogen-bond acceptors (Lipinski definition) is 1. The number of ketones is 1. The van der Waals surface area contributed by atoms with Crippen LogP contribution in [0.2, 0.25) is 0 Å². The first kappa shape index (κ1) is 15.3. The van der Waals surface area contributed by atoms with Gasteiger partial charge in [0.1, 0.15) is 5.78 Å².